The van der Waals surface area contributed by atoms with Gasteiger partial charge in [0.2, 0.25) is 5.91 Å². The summed E-state index contributed by atoms with van der Waals surface area (Å²) in [7, 11) is 0. The maximum atomic E-state index is 12.3. The van der Waals surface area contributed by atoms with Gasteiger partial charge in [-0.2, -0.15) is 0 Å². The molecule has 1 unspecified atom stereocenters. The third-order valence-corrected chi connectivity index (χ3v) is 5.23. The van der Waals surface area contributed by atoms with E-state index in [4.69, 9.17) is 0 Å². The molecule has 0 saturated heterocycles. The molecule has 0 aromatic heterocycles. The van der Waals surface area contributed by atoms with E-state index < -0.39 is 0 Å². The van der Waals surface area contributed by atoms with Crippen LogP contribution in [0.5, 0.6) is 0 Å². The Morgan fingerprint density at radius 3 is 2.19 bits per heavy atom. The first kappa shape index (κ1) is 18.2. The normalized spacial score (nSPS) is 16.2. The zero-order chi connectivity index (χ0) is 18.4. The molecule has 1 fully saturated rings. The minimum Gasteiger partial charge on any atom is -0.355 e. The molecule has 0 aliphatic heterocycles. The molecule has 1 saturated carbocycles. The smallest absolute Gasteiger partial charge is 0.251 e. The average molecular weight is 350 g/mol. The van der Waals surface area contributed by atoms with E-state index in [0.717, 1.165) is 12.8 Å². The molecule has 0 heterocycles. The van der Waals surface area contributed by atoms with Crippen molar-refractivity contribution in [2.45, 2.75) is 44.1 Å². The molecule has 1 atom stereocenters. The Morgan fingerprint density at radius 1 is 1.00 bits per heavy atom. The standard InChI is InChI=1S/C22H26N2O2/c1-17(24-21(26)18-9-4-2-5-10-18)15-20(25)23-16-22(13-8-14-22)19-11-6-3-7-12-19/h2-7,9-12,17H,8,13-16H2,1H3,(H,23,25)(H,24,26). The second-order valence-electron chi connectivity index (χ2n) is 7.22. The minimum absolute atomic E-state index is 0.0203. The lowest BCUT2D eigenvalue weighted by molar-refractivity contribution is -0.121. The Bertz CT molecular complexity index is 739. The molecule has 2 aromatic carbocycles. The molecule has 1 aliphatic carbocycles. The maximum absolute atomic E-state index is 12.3. The Hall–Kier alpha value is -2.62. The summed E-state index contributed by atoms with van der Waals surface area (Å²) in [6, 6.07) is 19.3. The minimum atomic E-state index is -0.211. The van der Waals surface area contributed by atoms with Crippen molar-refractivity contribution in [3.8, 4) is 0 Å². The number of hydrogen-bond acceptors (Lipinski definition) is 2. The molecular formula is C22H26N2O2. The number of carbonyl (C=O) groups excluding carboxylic acids is 2. The topological polar surface area (TPSA) is 58.2 Å². The van der Waals surface area contributed by atoms with Crippen molar-refractivity contribution in [3.05, 3.63) is 71.8 Å². The van der Waals surface area contributed by atoms with Crippen LogP contribution in [0.1, 0.15) is 48.5 Å². The second kappa shape index (κ2) is 8.17. The van der Waals surface area contributed by atoms with Crippen LogP contribution in [0, 0.1) is 0 Å². The second-order valence-corrected chi connectivity index (χ2v) is 7.22. The first-order chi connectivity index (χ1) is 12.6. The van der Waals surface area contributed by atoms with Gasteiger partial charge in [0, 0.05) is 30.0 Å². The highest BCUT2D eigenvalue weighted by Crippen LogP contribution is 2.43. The Morgan fingerprint density at radius 2 is 1.62 bits per heavy atom. The molecule has 0 radical (unpaired) electrons. The first-order valence-corrected chi connectivity index (χ1v) is 9.27. The summed E-state index contributed by atoms with van der Waals surface area (Å²) in [5.74, 6) is -0.168. The molecule has 136 valence electrons. The number of rotatable bonds is 7. The van der Waals surface area contributed by atoms with Crippen LogP contribution >= 0.6 is 0 Å². The van der Waals surface area contributed by atoms with Crippen molar-refractivity contribution < 1.29 is 9.59 Å². The fourth-order valence-corrected chi connectivity index (χ4v) is 3.53. The fraction of sp³-hybridized carbons (Fsp3) is 0.364. The summed E-state index contributed by atoms with van der Waals surface area (Å²) in [4.78, 5) is 24.5. The van der Waals surface area contributed by atoms with Gasteiger partial charge in [0.05, 0.1) is 0 Å². The first-order valence-electron chi connectivity index (χ1n) is 9.27. The van der Waals surface area contributed by atoms with Gasteiger partial charge in [0.25, 0.3) is 5.91 Å². The predicted octanol–water partition coefficient (Wildman–Crippen LogP) is 3.43. The highest BCUT2D eigenvalue weighted by atomic mass is 16.2. The van der Waals surface area contributed by atoms with Crippen LogP contribution in [0.3, 0.4) is 0 Å². The van der Waals surface area contributed by atoms with Gasteiger partial charge in [0.15, 0.2) is 0 Å². The number of nitrogens with one attached hydrogen (secondary N) is 2. The van der Waals surface area contributed by atoms with E-state index in [1.165, 1.54) is 12.0 Å². The summed E-state index contributed by atoms with van der Waals surface area (Å²) in [6.45, 7) is 2.52. The van der Waals surface area contributed by atoms with Gasteiger partial charge >= 0.3 is 0 Å². The zero-order valence-corrected chi connectivity index (χ0v) is 15.2. The Balaban J connectivity index is 1.48. The number of benzene rings is 2. The van der Waals surface area contributed by atoms with Crippen molar-refractivity contribution in [2.24, 2.45) is 0 Å². The molecule has 26 heavy (non-hydrogen) atoms. The maximum Gasteiger partial charge on any atom is 0.251 e. The van der Waals surface area contributed by atoms with Gasteiger partial charge in [-0.1, -0.05) is 55.0 Å². The van der Waals surface area contributed by atoms with Gasteiger partial charge < -0.3 is 10.6 Å². The lowest BCUT2D eigenvalue weighted by Crippen LogP contribution is -2.46. The van der Waals surface area contributed by atoms with E-state index in [1.54, 1.807) is 12.1 Å². The van der Waals surface area contributed by atoms with Gasteiger partial charge in [-0.15, -0.1) is 0 Å². The summed E-state index contributed by atoms with van der Waals surface area (Å²) >= 11 is 0. The van der Waals surface area contributed by atoms with Crippen LogP contribution in [-0.2, 0) is 10.2 Å². The van der Waals surface area contributed by atoms with Crippen LogP contribution in [-0.4, -0.2) is 24.4 Å². The molecule has 3 rings (SSSR count). The molecule has 2 aromatic rings. The monoisotopic (exact) mass is 350 g/mol. The number of carbonyl (C=O) groups is 2. The van der Waals surface area contributed by atoms with Crippen LogP contribution in [0.4, 0.5) is 0 Å². The van der Waals surface area contributed by atoms with E-state index in [1.807, 2.05) is 31.2 Å². The highest BCUT2D eigenvalue weighted by Gasteiger charge is 2.38. The number of amides is 2. The van der Waals surface area contributed by atoms with E-state index in [9.17, 15) is 9.59 Å². The van der Waals surface area contributed by atoms with Crippen molar-refractivity contribution in [3.63, 3.8) is 0 Å². The Kier molecular flexibility index (Phi) is 5.71. The van der Waals surface area contributed by atoms with E-state index >= 15 is 0 Å². The molecule has 2 amide bonds. The van der Waals surface area contributed by atoms with Crippen molar-refractivity contribution in [1.29, 1.82) is 0 Å². The van der Waals surface area contributed by atoms with Crippen molar-refractivity contribution >= 4 is 11.8 Å². The molecule has 4 nitrogen and oxygen atoms in total. The summed E-state index contributed by atoms with van der Waals surface area (Å²) < 4.78 is 0. The predicted molar refractivity (Wildman–Crippen MR) is 103 cm³/mol. The average Bonchev–Trinajstić information content (AvgIpc) is 2.62. The largest absolute Gasteiger partial charge is 0.355 e. The fourth-order valence-electron chi connectivity index (χ4n) is 3.53. The molecule has 0 spiro atoms. The summed E-state index contributed by atoms with van der Waals surface area (Å²) in [5.41, 5.74) is 1.99. The van der Waals surface area contributed by atoms with Crippen molar-refractivity contribution in [2.75, 3.05) is 6.54 Å². The van der Waals surface area contributed by atoms with Crippen LogP contribution in [0.15, 0.2) is 60.7 Å². The highest BCUT2D eigenvalue weighted by molar-refractivity contribution is 5.94. The van der Waals surface area contributed by atoms with Gasteiger partial charge in [-0.25, -0.2) is 0 Å². The van der Waals surface area contributed by atoms with Crippen LogP contribution < -0.4 is 10.6 Å². The molecule has 4 heteroatoms. The van der Waals surface area contributed by atoms with Gasteiger partial charge in [-0.05, 0) is 37.5 Å². The summed E-state index contributed by atoms with van der Waals surface area (Å²) in [5, 5.41) is 5.96. The number of hydrogen-bond donors (Lipinski definition) is 2. The lowest BCUT2D eigenvalue weighted by atomic mass is 9.64. The van der Waals surface area contributed by atoms with E-state index in [-0.39, 0.29) is 29.7 Å². The third-order valence-electron chi connectivity index (χ3n) is 5.23. The molecular weight excluding hydrogens is 324 g/mol. The molecule has 1 aliphatic rings. The molecule has 2 N–H and O–H groups in total. The Labute approximate surface area is 155 Å². The van der Waals surface area contributed by atoms with Gasteiger partial charge in [-0.3, -0.25) is 9.59 Å². The zero-order valence-electron chi connectivity index (χ0n) is 15.2. The van der Waals surface area contributed by atoms with Gasteiger partial charge in [0.1, 0.15) is 0 Å². The van der Waals surface area contributed by atoms with Crippen LogP contribution in [0.2, 0.25) is 0 Å². The van der Waals surface area contributed by atoms with E-state index in [0.29, 0.717) is 12.1 Å². The lowest BCUT2D eigenvalue weighted by Gasteiger charge is -2.42. The SMILES string of the molecule is CC(CC(=O)NCC1(c2ccccc2)CCC1)NC(=O)c1ccccc1. The third kappa shape index (κ3) is 4.31. The van der Waals surface area contributed by atoms with E-state index in [2.05, 4.69) is 34.9 Å². The van der Waals surface area contributed by atoms with Crippen LogP contribution in [0.25, 0.3) is 0 Å². The van der Waals surface area contributed by atoms with Crippen molar-refractivity contribution in [1.82, 2.24) is 10.6 Å². The quantitative estimate of drug-likeness (QED) is 0.804. The molecule has 0 bridgehead atoms. The summed E-state index contributed by atoms with van der Waals surface area (Å²) in [6.07, 6.45) is 3.70.